The Balaban J connectivity index is 2.77. The van der Waals surface area contributed by atoms with Crippen molar-refractivity contribution in [3.63, 3.8) is 0 Å². The Bertz CT molecular complexity index is 570. The molecule has 1 aliphatic carbocycles. The van der Waals surface area contributed by atoms with Crippen LogP contribution >= 0.6 is 0 Å². The van der Waals surface area contributed by atoms with Crippen molar-refractivity contribution in [2.45, 2.75) is 40.0 Å². The lowest BCUT2D eigenvalue weighted by molar-refractivity contribution is -0.120. The van der Waals surface area contributed by atoms with E-state index >= 15 is 0 Å². The van der Waals surface area contributed by atoms with Crippen LogP contribution in [0, 0.1) is 0 Å². The Kier molecular flexibility index (Phi) is 6.83. The zero-order valence-corrected chi connectivity index (χ0v) is 14.0. The quantitative estimate of drug-likeness (QED) is 0.532. The first-order valence-corrected chi connectivity index (χ1v) is 7.31. The van der Waals surface area contributed by atoms with E-state index in [-0.39, 0.29) is 23.1 Å². The van der Waals surface area contributed by atoms with Gasteiger partial charge in [-0.15, -0.1) is 0 Å². The predicted octanol–water partition coefficient (Wildman–Crippen LogP) is 3.65. The first kappa shape index (κ1) is 18.0. The van der Waals surface area contributed by atoms with Crippen LogP contribution in [0.5, 0.6) is 0 Å². The molecular weight excluding hydrogens is 280 g/mol. The zero-order valence-electron chi connectivity index (χ0n) is 14.0. The molecule has 0 spiro atoms. The fraction of sp³-hybridized carbons (Fsp3) is 0.444. The van der Waals surface area contributed by atoms with Gasteiger partial charge < -0.3 is 9.47 Å². The highest BCUT2D eigenvalue weighted by molar-refractivity contribution is 6.21. The maximum absolute atomic E-state index is 12.3. The molecule has 0 aromatic carbocycles. The molecule has 1 aliphatic rings. The zero-order chi connectivity index (χ0) is 16.7. The summed E-state index contributed by atoms with van der Waals surface area (Å²) in [5.74, 6) is -0.655. The Morgan fingerprint density at radius 3 is 2.23 bits per heavy atom. The Labute approximate surface area is 132 Å². The van der Waals surface area contributed by atoms with Gasteiger partial charge in [0.15, 0.2) is 0 Å². The van der Waals surface area contributed by atoms with Gasteiger partial charge in [0.1, 0.15) is 0 Å². The number of Topliss-reactive ketones (excluding diaryl/α,β-unsaturated/α-hetero) is 1. The lowest BCUT2D eigenvalue weighted by Crippen LogP contribution is -2.21. The SMILES string of the molecule is COC1=C(OC)C(=O)C(C/C=C(\C)CCC=C(C)C)=CC1=O. The Morgan fingerprint density at radius 1 is 1.05 bits per heavy atom. The van der Waals surface area contributed by atoms with E-state index < -0.39 is 0 Å². The minimum Gasteiger partial charge on any atom is -0.490 e. The van der Waals surface area contributed by atoms with E-state index in [1.54, 1.807) is 0 Å². The number of ketones is 2. The van der Waals surface area contributed by atoms with Crippen LogP contribution in [0.4, 0.5) is 0 Å². The number of hydrogen-bond acceptors (Lipinski definition) is 4. The number of rotatable bonds is 7. The van der Waals surface area contributed by atoms with Crippen LogP contribution in [0.25, 0.3) is 0 Å². The Hall–Kier alpha value is -2.10. The number of methoxy groups -OCH3 is 2. The van der Waals surface area contributed by atoms with Crippen molar-refractivity contribution in [1.29, 1.82) is 0 Å². The molecule has 1 rings (SSSR count). The third-order valence-corrected chi connectivity index (χ3v) is 3.40. The smallest absolute Gasteiger partial charge is 0.228 e. The first-order valence-electron chi connectivity index (χ1n) is 7.31. The average Bonchev–Trinajstić information content (AvgIpc) is 2.46. The lowest BCUT2D eigenvalue weighted by Gasteiger charge is -2.16. The third-order valence-electron chi connectivity index (χ3n) is 3.40. The molecule has 0 N–H and O–H groups in total. The molecule has 120 valence electrons. The summed E-state index contributed by atoms with van der Waals surface area (Å²) in [6.07, 6.45) is 7.85. The van der Waals surface area contributed by atoms with Crippen LogP contribution in [0.15, 0.2) is 46.5 Å². The molecule has 0 atom stereocenters. The highest BCUT2D eigenvalue weighted by atomic mass is 16.5. The first-order chi connectivity index (χ1) is 10.4. The second-order valence-corrected chi connectivity index (χ2v) is 5.50. The summed E-state index contributed by atoms with van der Waals surface area (Å²) in [6.45, 7) is 6.17. The molecule has 22 heavy (non-hydrogen) atoms. The molecule has 4 heteroatoms. The second-order valence-electron chi connectivity index (χ2n) is 5.50. The molecule has 0 unspecified atom stereocenters. The number of carbonyl (C=O) groups excluding carboxylic acids is 2. The lowest BCUT2D eigenvalue weighted by atomic mass is 9.96. The molecule has 0 fully saturated rings. The van der Waals surface area contributed by atoms with E-state index in [1.807, 2.05) is 13.0 Å². The van der Waals surface area contributed by atoms with Crippen molar-refractivity contribution in [1.82, 2.24) is 0 Å². The maximum atomic E-state index is 12.3. The number of hydrogen-bond donors (Lipinski definition) is 0. The van der Waals surface area contributed by atoms with E-state index in [0.717, 1.165) is 12.8 Å². The van der Waals surface area contributed by atoms with Crippen LogP contribution in [-0.2, 0) is 19.1 Å². The fourth-order valence-corrected chi connectivity index (χ4v) is 2.16. The molecule has 0 aromatic rings. The van der Waals surface area contributed by atoms with Crippen molar-refractivity contribution in [3.8, 4) is 0 Å². The third kappa shape index (κ3) is 4.72. The molecule has 4 nitrogen and oxygen atoms in total. The summed E-state index contributed by atoms with van der Waals surface area (Å²) in [4.78, 5) is 24.2. The topological polar surface area (TPSA) is 52.6 Å². The van der Waals surface area contributed by atoms with Crippen LogP contribution in [0.1, 0.15) is 40.0 Å². The van der Waals surface area contributed by atoms with Crippen LogP contribution in [0.3, 0.4) is 0 Å². The van der Waals surface area contributed by atoms with Crippen molar-refractivity contribution in [3.05, 3.63) is 46.5 Å². The average molecular weight is 304 g/mol. The van der Waals surface area contributed by atoms with Gasteiger partial charge in [-0.1, -0.05) is 23.3 Å². The molecule has 0 aliphatic heterocycles. The summed E-state index contributed by atoms with van der Waals surface area (Å²) < 4.78 is 9.97. The summed E-state index contributed by atoms with van der Waals surface area (Å²) in [5, 5.41) is 0. The molecule has 0 heterocycles. The molecule has 0 saturated heterocycles. The highest BCUT2D eigenvalue weighted by Gasteiger charge is 2.29. The summed E-state index contributed by atoms with van der Waals surface area (Å²) in [5.41, 5.74) is 2.92. The number of carbonyl (C=O) groups is 2. The number of allylic oxidation sites excluding steroid dienone is 6. The molecular formula is C18H24O4. The Morgan fingerprint density at radius 2 is 1.68 bits per heavy atom. The molecule has 0 saturated carbocycles. The molecule has 0 aromatic heterocycles. The maximum Gasteiger partial charge on any atom is 0.228 e. The second kappa shape index (κ2) is 8.37. The van der Waals surface area contributed by atoms with Gasteiger partial charge in [-0.3, -0.25) is 9.59 Å². The minimum atomic E-state index is -0.329. The van der Waals surface area contributed by atoms with Gasteiger partial charge in [0.2, 0.25) is 23.1 Å². The molecule has 0 radical (unpaired) electrons. The van der Waals surface area contributed by atoms with Crippen LogP contribution in [-0.4, -0.2) is 25.8 Å². The number of ether oxygens (including phenoxy) is 2. The van der Waals surface area contributed by atoms with Gasteiger partial charge in [0, 0.05) is 5.57 Å². The van der Waals surface area contributed by atoms with E-state index in [0.29, 0.717) is 12.0 Å². The van der Waals surface area contributed by atoms with Gasteiger partial charge in [-0.05, 0) is 46.1 Å². The monoisotopic (exact) mass is 304 g/mol. The van der Waals surface area contributed by atoms with E-state index in [9.17, 15) is 9.59 Å². The summed E-state index contributed by atoms with van der Waals surface area (Å²) >= 11 is 0. The molecule has 0 amide bonds. The van der Waals surface area contributed by atoms with Crippen LogP contribution in [0.2, 0.25) is 0 Å². The highest BCUT2D eigenvalue weighted by Crippen LogP contribution is 2.23. The van der Waals surface area contributed by atoms with Gasteiger partial charge in [0.05, 0.1) is 14.2 Å². The minimum absolute atomic E-state index is 0.0133. The van der Waals surface area contributed by atoms with Gasteiger partial charge in [-0.25, -0.2) is 0 Å². The van der Waals surface area contributed by atoms with E-state index in [4.69, 9.17) is 9.47 Å². The molecule has 0 bridgehead atoms. The summed E-state index contributed by atoms with van der Waals surface area (Å²) in [6, 6.07) is 0. The van der Waals surface area contributed by atoms with Gasteiger partial charge in [-0.2, -0.15) is 0 Å². The van der Waals surface area contributed by atoms with Crippen molar-refractivity contribution in [2.75, 3.05) is 14.2 Å². The van der Waals surface area contributed by atoms with Gasteiger partial charge in [0.25, 0.3) is 0 Å². The van der Waals surface area contributed by atoms with Crippen molar-refractivity contribution in [2.24, 2.45) is 0 Å². The summed E-state index contributed by atoms with van der Waals surface area (Å²) in [7, 11) is 2.72. The fourth-order valence-electron chi connectivity index (χ4n) is 2.16. The van der Waals surface area contributed by atoms with Crippen molar-refractivity contribution >= 4 is 11.6 Å². The normalized spacial score (nSPS) is 15.7. The van der Waals surface area contributed by atoms with E-state index in [2.05, 4.69) is 19.9 Å². The van der Waals surface area contributed by atoms with Gasteiger partial charge >= 0.3 is 0 Å². The van der Waals surface area contributed by atoms with E-state index in [1.165, 1.54) is 31.4 Å². The van der Waals surface area contributed by atoms with Crippen LogP contribution < -0.4 is 0 Å². The predicted molar refractivity (Wildman–Crippen MR) is 86.2 cm³/mol. The largest absolute Gasteiger partial charge is 0.490 e. The standard InChI is InChI=1S/C18H24O4/c1-12(2)7-6-8-13(3)9-10-14-11-15(19)17(21-4)18(22-5)16(14)20/h7,9,11H,6,8,10H2,1-5H3/b13-9+. The van der Waals surface area contributed by atoms with Crippen molar-refractivity contribution < 1.29 is 19.1 Å².